The number of thiophene rings is 1. The number of carbonyl (C=O) groups excluding carboxylic acids is 2. The van der Waals surface area contributed by atoms with E-state index in [1.165, 1.54) is 29.2 Å². The molecule has 10 heteroatoms. The first-order valence-corrected chi connectivity index (χ1v) is 8.23. The fourth-order valence-corrected chi connectivity index (χ4v) is 3.12. The lowest BCUT2D eigenvalue weighted by molar-refractivity contribution is -0.389. The number of ether oxygens (including phenoxy) is 1. The zero-order chi connectivity index (χ0) is 18.7. The van der Waals surface area contributed by atoms with Crippen molar-refractivity contribution < 1.29 is 19.2 Å². The van der Waals surface area contributed by atoms with E-state index in [9.17, 15) is 19.7 Å². The number of nitrogens with one attached hydrogen (secondary N) is 1. The Morgan fingerprint density at radius 3 is 2.68 bits per heavy atom. The van der Waals surface area contributed by atoms with E-state index < -0.39 is 16.8 Å². The summed E-state index contributed by atoms with van der Waals surface area (Å²) in [5.41, 5.74) is 0.894. The first-order valence-electron chi connectivity index (χ1n) is 7.41. The van der Waals surface area contributed by atoms with Crippen LogP contribution in [0, 0.1) is 29.9 Å². The normalized spacial score (nSPS) is 11.8. The Morgan fingerprint density at radius 2 is 2.12 bits per heavy atom. The molecule has 0 bridgehead atoms. The summed E-state index contributed by atoms with van der Waals surface area (Å²) in [7, 11) is 1.27. The summed E-state index contributed by atoms with van der Waals surface area (Å²) in [5.74, 6) is -1.60. The van der Waals surface area contributed by atoms with Crippen molar-refractivity contribution >= 4 is 34.0 Å². The molecule has 1 amide bonds. The van der Waals surface area contributed by atoms with Gasteiger partial charge in [0.1, 0.15) is 5.00 Å². The van der Waals surface area contributed by atoms with Crippen LogP contribution in [0.15, 0.2) is 12.1 Å². The first-order chi connectivity index (χ1) is 11.7. The van der Waals surface area contributed by atoms with E-state index in [1.54, 1.807) is 19.9 Å². The molecule has 0 aromatic carbocycles. The molecule has 2 aromatic heterocycles. The summed E-state index contributed by atoms with van der Waals surface area (Å²) in [4.78, 5) is 35.2. The molecule has 0 fully saturated rings. The lowest BCUT2D eigenvalue weighted by Gasteiger charge is -2.11. The number of nitrogens with zero attached hydrogens (tertiary/aromatic N) is 3. The van der Waals surface area contributed by atoms with Gasteiger partial charge in [-0.05, 0) is 24.8 Å². The molecule has 134 valence electrons. The van der Waals surface area contributed by atoms with E-state index in [-0.39, 0.29) is 18.3 Å². The maximum Gasteiger partial charge on any atom is 0.390 e. The van der Waals surface area contributed by atoms with Gasteiger partial charge in [0.05, 0.1) is 42.0 Å². The van der Waals surface area contributed by atoms with E-state index in [0.717, 1.165) is 4.88 Å². The number of anilines is 1. The van der Waals surface area contributed by atoms with Crippen molar-refractivity contribution in [3.8, 4) is 0 Å². The third-order valence-corrected chi connectivity index (χ3v) is 4.51. The Hall–Kier alpha value is -2.75. The highest BCUT2D eigenvalue weighted by molar-refractivity contribution is 7.16. The molecule has 0 aliphatic carbocycles. The molecular weight excluding hydrogens is 348 g/mol. The van der Waals surface area contributed by atoms with E-state index in [0.29, 0.717) is 16.3 Å². The summed E-state index contributed by atoms with van der Waals surface area (Å²) in [6.07, 6.45) is 0. The van der Waals surface area contributed by atoms with Crippen molar-refractivity contribution in [3.63, 3.8) is 0 Å². The number of amides is 1. The first kappa shape index (κ1) is 18.6. The van der Waals surface area contributed by atoms with Gasteiger partial charge >= 0.3 is 11.8 Å². The molecule has 0 spiro atoms. The lowest BCUT2D eigenvalue weighted by atomic mass is 10.1. The van der Waals surface area contributed by atoms with Crippen molar-refractivity contribution in [3.05, 3.63) is 38.4 Å². The molecular formula is C15H18N4O5S. The number of carbonyl (C=O) groups is 2. The third-order valence-electron chi connectivity index (χ3n) is 3.55. The Balaban J connectivity index is 2.11. The van der Waals surface area contributed by atoms with E-state index >= 15 is 0 Å². The number of nitro groups is 1. The summed E-state index contributed by atoms with van der Waals surface area (Å²) >= 11 is 1.28. The second-order valence-electron chi connectivity index (χ2n) is 5.56. The van der Waals surface area contributed by atoms with Crippen molar-refractivity contribution in [1.82, 2.24) is 9.78 Å². The second kappa shape index (κ2) is 7.43. The predicted molar refractivity (Wildman–Crippen MR) is 91.8 cm³/mol. The molecule has 1 atom stereocenters. The van der Waals surface area contributed by atoms with Gasteiger partial charge in [-0.2, -0.15) is 4.68 Å². The van der Waals surface area contributed by atoms with Crippen LogP contribution in [0.3, 0.4) is 0 Å². The maximum absolute atomic E-state index is 12.4. The Labute approximate surface area is 147 Å². The number of aromatic nitrogens is 2. The van der Waals surface area contributed by atoms with Crippen LogP contribution >= 0.6 is 11.3 Å². The fraction of sp³-hybridized carbons (Fsp3) is 0.400. The van der Waals surface area contributed by atoms with Gasteiger partial charge in [-0.15, -0.1) is 11.3 Å². The van der Waals surface area contributed by atoms with Crippen LogP contribution in [-0.2, 0) is 16.1 Å². The van der Waals surface area contributed by atoms with Gasteiger partial charge in [-0.1, -0.05) is 6.92 Å². The number of hydrogen-bond donors (Lipinski definition) is 1. The molecule has 1 N–H and O–H groups in total. The molecule has 1 unspecified atom stereocenters. The Kier molecular flexibility index (Phi) is 5.52. The molecule has 0 aliphatic heterocycles. The largest absolute Gasteiger partial charge is 0.465 e. The third kappa shape index (κ3) is 4.21. The summed E-state index contributed by atoms with van der Waals surface area (Å²) in [6.45, 7) is 5.37. The molecule has 2 aromatic rings. The number of methoxy groups -OCH3 is 1. The summed E-state index contributed by atoms with van der Waals surface area (Å²) < 4.78 is 6.13. The quantitative estimate of drug-likeness (QED) is 0.477. The number of aryl methyl sites for hydroxylation is 2. The van der Waals surface area contributed by atoms with Crippen LogP contribution in [0.2, 0.25) is 0 Å². The molecule has 0 radical (unpaired) electrons. The Bertz CT molecular complexity index is 826. The lowest BCUT2D eigenvalue weighted by Crippen LogP contribution is -2.25. The van der Waals surface area contributed by atoms with Gasteiger partial charge in [0.15, 0.2) is 0 Å². The average molecular weight is 366 g/mol. The second-order valence-corrected chi connectivity index (χ2v) is 6.82. The molecule has 25 heavy (non-hydrogen) atoms. The Morgan fingerprint density at radius 1 is 1.44 bits per heavy atom. The van der Waals surface area contributed by atoms with Crippen molar-refractivity contribution in [1.29, 1.82) is 0 Å². The topological polar surface area (TPSA) is 116 Å². The maximum atomic E-state index is 12.4. The van der Waals surface area contributed by atoms with Gasteiger partial charge < -0.3 is 20.2 Å². The zero-order valence-corrected chi connectivity index (χ0v) is 15.0. The fourth-order valence-electron chi connectivity index (χ4n) is 2.21. The predicted octanol–water partition coefficient (Wildman–Crippen LogP) is 2.53. The van der Waals surface area contributed by atoms with E-state index in [1.807, 2.05) is 6.92 Å². The number of esters is 1. The minimum atomic E-state index is -0.578. The van der Waals surface area contributed by atoms with Gasteiger partial charge in [0.25, 0.3) is 0 Å². The standard InChI is InChI=1S/C15H18N4O5S/c1-8(7-18-9(2)5-12(17-18)19(22)23)13(20)16-14-11(15(21)24-4)6-10(3)25-14/h5-6,8H,7H2,1-4H3,(H,16,20). The smallest absolute Gasteiger partial charge is 0.390 e. The summed E-state index contributed by atoms with van der Waals surface area (Å²) in [6, 6.07) is 3.00. The highest BCUT2D eigenvalue weighted by atomic mass is 32.1. The van der Waals surface area contributed by atoms with Gasteiger partial charge in [-0.3, -0.25) is 4.79 Å². The highest BCUT2D eigenvalue weighted by Gasteiger charge is 2.23. The van der Waals surface area contributed by atoms with E-state index in [2.05, 4.69) is 10.4 Å². The minimum Gasteiger partial charge on any atom is -0.465 e. The van der Waals surface area contributed by atoms with Crippen LogP contribution in [0.5, 0.6) is 0 Å². The zero-order valence-electron chi connectivity index (χ0n) is 14.2. The SMILES string of the molecule is COC(=O)c1cc(C)sc1NC(=O)C(C)Cn1nc([N+](=O)[O-])cc1C. The van der Waals surface area contributed by atoms with Gasteiger partial charge in [-0.25, -0.2) is 4.79 Å². The summed E-state index contributed by atoms with van der Waals surface area (Å²) in [5, 5.41) is 17.8. The van der Waals surface area contributed by atoms with Gasteiger partial charge in [0.2, 0.25) is 5.91 Å². The van der Waals surface area contributed by atoms with Crippen molar-refractivity contribution in [2.75, 3.05) is 12.4 Å². The van der Waals surface area contributed by atoms with Crippen molar-refractivity contribution in [2.24, 2.45) is 5.92 Å². The molecule has 0 aliphatic rings. The highest BCUT2D eigenvalue weighted by Crippen LogP contribution is 2.28. The number of rotatable bonds is 6. The monoisotopic (exact) mass is 366 g/mol. The molecule has 2 heterocycles. The van der Waals surface area contributed by atoms with Crippen LogP contribution in [-0.4, -0.2) is 33.7 Å². The van der Waals surface area contributed by atoms with Crippen LogP contribution in [0.1, 0.15) is 27.9 Å². The van der Waals surface area contributed by atoms with Crippen LogP contribution in [0.25, 0.3) is 0 Å². The molecule has 2 rings (SSSR count). The van der Waals surface area contributed by atoms with Gasteiger partial charge in [0, 0.05) is 4.88 Å². The molecule has 9 nitrogen and oxygen atoms in total. The average Bonchev–Trinajstić information content (AvgIpc) is 3.09. The van der Waals surface area contributed by atoms with Crippen molar-refractivity contribution in [2.45, 2.75) is 27.3 Å². The van der Waals surface area contributed by atoms with E-state index in [4.69, 9.17) is 4.74 Å². The van der Waals surface area contributed by atoms with Crippen LogP contribution in [0.4, 0.5) is 10.8 Å². The minimum absolute atomic E-state index is 0.184. The number of hydrogen-bond acceptors (Lipinski definition) is 7. The molecule has 0 saturated heterocycles. The molecule has 0 saturated carbocycles. The van der Waals surface area contributed by atoms with Crippen LogP contribution < -0.4 is 5.32 Å².